The number of ether oxygens (including phenoxy) is 1. The Morgan fingerprint density at radius 2 is 1.84 bits per heavy atom. The molecule has 4 heteroatoms. The van der Waals surface area contributed by atoms with E-state index in [0.29, 0.717) is 30.1 Å². The lowest BCUT2D eigenvalue weighted by Crippen LogP contribution is -2.38. The molecule has 0 aromatic rings. The summed E-state index contributed by atoms with van der Waals surface area (Å²) in [5, 5.41) is 30.1. The van der Waals surface area contributed by atoms with Crippen molar-refractivity contribution in [3.8, 4) is 0 Å². The monoisotopic (exact) mass is 354 g/mol. The second-order valence-corrected chi connectivity index (χ2v) is 9.51. The van der Waals surface area contributed by atoms with Crippen molar-refractivity contribution in [2.75, 3.05) is 0 Å². The van der Waals surface area contributed by atoms with Gasteiger partial charge in [-0.3, -0.25) is 0 Å². The average molecular weight is 355 g/mol. The van der Waals surface area contributed by atoms with Gasteiger partial charge in [0.15, 0.2) is 6.29 Å². The summed E-state index contributed by atoms with van der Waals surface area (Å²) in [6, 6.07) is 0. The topological polar surface area (TPSA) is 69.9 Å². The van der Waals surface area contributed by atoms with Crippen molar-refractivity contribution in [2.24, 2.45) is 23.2 Å². The maximum atomic E-state index is 10.4. The van der Waals surface area contributed by atoms with Gasteiger partial charge in [0.25, 0.3) is 0 Å². The molecule has 1 spiro atoms. The molecule has 3 saturated carbocycles. The third-order valence-electron chi connectivity index (χ3n) is 7.22. The van der Waals surface area contributed by atoms with E-state index in [1.807, 2.05) is 0 Å². The molecule has 3 aliphatic carbocycles. The van der Waals surface area contributed by atoms with Gasteiger partial charge in [-0.2, -0.15) is 0 Å². The molecule has 6 atom stereocenters. The van der Waals surface area contributed by atoms with E-state index in [9.17, 15) is 15.3 Å². The molecule has 3 fully saturated rings. The van der Waals surface area contributed by atoms with Crippen molar-refractivity contribution in [3.05, 3.63) is 0 Å². The summed E-state index contributed by atoms with van der Waals surface area (Å²) in [6.45, 7) is 4.55. The van der Waals surface area contributed by atoms with Crippen molar-refractivity contribution < 1.29 is 20.1 Å². The molecule has 3 aliphatic rings. The van der Waals surface area contributed by atoms with E-state index in [2.05, 4.69) is 13.8 Å². The molecule has 0 heterocycles. The Hall–Kier alpha value is -0.160. The van der Waals surface area contributed by atoms with E-state index < -0.39 is 6.29 Å². The van der Waals surface area contributed by atoms with Crippen LogP contribution in [0.3, 0.4) is 0 Å². The van der Waals surface area contributed by atoms with Crippen LogP contribution in [0.2, 0.25) is 0 Å². The first kappa shape index (κ1) is 19.6. The second-order valence-electron chi connectivity index (χ2n) is 9.51. The predicted molar refractivity (Wildman–Crippen MR) is 97.9 cm³/mol. The van der Waals surface area contributed by atoms with Gasteiger partial charge in [-0.15, -0.1) is 0 Å². The Balaban J connectivity index is 1.41. The van der Waals surface area contributed by atoms with Gasteiger partial charge < -0.3 is 20.1 Å². The SMILES string of the molecule is CC(C)[C@@H]1CCC2(CC2)CC1OC(O)CCCC1CC[C@@H](O)CC1O. The maximum absolute atomic E-state index is 10.4. The fraction of sp³-hybridized carbons (Fsp3) is 1.00. The molecule has 146 valence electrons. The molecule has 4 unspecified atom stereocenters. The van der Waals surface area contributed by atoms with Gasteiger partial charge >= 0.3 is 0 Å². The second kappa shape index (κ2) is 8.24. The Kier molecular flexibility index (Phi) is 6.46. The first-order valence-electron chi connectivity index (χ1n) is 10.6. The van der Waals surface area contributed by atoms with Crippen LogP contribution in [0.4, 0.5) is 0 Å². The van der Waals surface area contributed by atoms with Crippen LogP contribution in [0, 0.1) is 23.2 Å². The molecular weight excluding hydrogens is 316 g/mol. The van der Waals surface area contributed by atoms with Crippen LogP contribution in [-0.2, 0) is 4.74 Å². The first-order chi connectivity index (χ1) is 11.9. The van der Waals surface area contributed by atoms with Crippen molar-refractivity contribution in [2.45, 2.75) is 109 Å². The maximum Gasteiger partial charge on any atom is 0.154 e. The van der Waals surface area contributed by atoms with Crippen molar-refractivity contribution in [3.63, 3.8) is 0 Å². The van der Waals surface area contributed by atoms with Gasteiger partial charge in [0.1, 0.15) is 0 Å². The van der Waals surface area contributed by atoms with Crippen molar-refractivity contribution >= 4 is 0 Å². The lowest BCUT2D eigenvalue weighted by atomic mass is 9.73. The minimum atomic E-state index is -0.675. The predicted octanol–water partition coefficient (Wildman–Crippen LogP) is 3.62. The summed E-state index contributed by atoms with van der Waals surface area (Å²) in [7, 11) is 0. The highest BCUT2D eigenvalue weighted by Crippen LogP contribution is 2.58. The molecule has 0 aromatic heterocycles. The van der Waals surface area contributed by atoms with E-state index in [4.69, 9.17) is 4.74 Å². The van der Waals surface area contributed by atoms with Gasteiger partial charge in [-0.1, -0.05) is 13.8 Å². The summed E-state index contributed by atoms with van der Waals surface area (Å²) in [6.07, 6.45) is 9.85. The number of hydrogen-bond donors (Lipinski definition) is 3. The van der Waals surface area contributed by atoms with Gasteiger partial charge in [-0.05, 0) is 93.8 Å². The Morgan fingerprint density at radius 3 is 2.48 bits per heavy atom. The van der Waals surface area contributed by atoms with Gasteiger partial charge in [0.05, 0.1) is 18.3 Å². The average Bonchev–Trinajstić information content (AvgIpc) is 3.28. The van der Waals surface area contributed by atoms with Crippen LogP contribution >= 0.6 is 0 Å². The molecule has 0 saturated heterocycles. The fourth-order valence-electron chi connectivity index (χ4n) is 5.23. The summed E-state index contributed by atoms with van der Waals surface area (Å²) in [5.41, 5.74) is 0.544. The number of aliphatic hydroxyl groups excluding tert-OH is 3. The van der Waals surface area contributed by atoms with E-state index in [1.165, 1.54) is 25.7 Å². The fourth-order valence-corrected chi connectivity index (χ4v) is 5.23. The van der Waals surface area contributed by atoms with Gasteiger partial charge in [-0.25, -0.2) is 0 Å². The van der Waals surface area contributed by atoms with Gasteiger partial charge in [0.2, 0.25) is 0 Å². The molecule has 0 radical (unpaired) electrons. The standard InChI is InChI=1S/C21H38O4/c1-14(2)17-8-9-21(10-11-21)13-19(17)25-20(24)5-3-4-15-6-7-16(22)12-18(15)23/h14-20,22-24H,3-13H2,1-2H3/t15?,16-,17+,18?,19?,20?/m1/s1. The smallest absolute Gasteiger partial charge is 0.154 e. The molecule has 0 aromatic carbocycles. The van der Waals surface area contributed by atoms with Crippen molar-refractivity contribution in [1.29, 1.82) is 0 Å². The summed E-state index contributed by atoms with van der Waals surface area (Å²) in [5.74, 6) is 1.45. The van der Waals surface area contributed by atoms with Crippen LogP contribution in [0.15, 0.2) is 0 Å². The van der Waals surface area contributed by atoms with E-state index in [1.54, 1.807) is 0 Å². The quantitative estimate of drug-likeness (QED) is 0.611. The number of hydrogen-bond acceptors (Lipinski definition) is 4. The molecule has 0 aliphatic heterocycles. The molecule has 0 amide bonds. The minimum Gasteiger partial charge on any atom is -0.393 e. The van der Waals surface area contributed by atoms with Crippen LogP contribution in [-0.4, -0.2) is 39.9 Å². The lowest BCUT2D eigenvalue weighted by Gasteiger charge is -2.39. The van der Waals surface area contributed by atoms with Crippen molar-refractivity contribution in [1.82, 2.24) is 0 Å². The van der Waals surface area contributed by atoms with E-state index in [-0.39, 0.29) is 24.2 Å². The highest BCUT2D eigenvalue weighted by atomic mass is 16.6. The minimum absolute atomic E-state index is 0.210. The van der Waals surface area contributed by atoms with E-state index >= 15 is 0 Å². The van der Waals surface area contributed by atoms with Crippen LogP contribution < -0.4 is 0 Å². The largest absolute Gasteiger partial charge is 0.393 e. The summed E-state index contributed by atoms with van der Waals surface area (Å²) in [4.78, 5) is 0. The number of rotatable bonds is 7. The Labute approximate surface area is 153 Å². The molecule has 4 nitrogen and oxygen atoms in total. The summed E-state index contributed by atoms with van der Waals surface area (Å²) < 4.78 is 6.13. The normalized spacial score (nSPS) is 38.9. The van der Waals surface area contributed by atoms with Crippen LogP contribution in [0.25, 0.3) is 0 Å². The molecule has 3 rings (SSSR count). The summed E-state index contributed by atoms with van der Waals surface area (Å²) >= 11 is 0. The highest BCUT2D eigenvalue weighted by Gasteiger charge is 2.49. The number of aliphatic hydroxyl groups is 3. The van der Waals surface area contributed by atoms with Crippen LogP contribution in [0.1, 0.15) is 84.5 Å². The molecule has 0 bridgehead atoms. The zero-order valence-electron chi connectivity index (χ0n) is 16.1. The third kappa shape index (κ3) is 5.18. The zero-order chi connectivity index (χ0) is 18.0. The highest BCUT2D eigenvalue weighted by molar-refractivity contribution is 5.00. The molecule has 3 N–H and O–H groups in total. The lowest BCUT2D eigenvalue weighted by molar-refractivity contribution is -0.174. The zero-order valence-corrected chi connectivity index (χ0v) is 16.1. The van der Waals surface area contributed by atoms with Gasteiger partial charge in [0, 0.05) is 0 Å². The third-order valence-corrected chi connectivity index (χ3v) is 7.22. The first-order valence-corrected chi connectivity index (χ1v) is 10.6. The van der Waals surface area contributed by atoms with E-state index in [0.717, 1.165) is 32.1 Å². The molecule has 25 heavy (non-hydrogen) atoms. The Bertz CT molecular complexity index is 420. The Morgan fingerprint density at radius 1 is 1.08 bits per heavy atom. The molecular formula is C21H38O4. The van der Waals surface area contributed by atoms with Crippen LogP contribution in [0.5, 0.6) is 0 Å².